The number of carbonyl (C=O) groups is 2. The average molecular weight is 374 g/mol. The van der Waals surface area contributed by atoms with E-state index in [2.05, 4.69) is 22.1 Å². The number of fused-ring (bicyclic) bond motifs is 1. The number of nitrogens with zero attached hydrogens (tertiary/aromatic N) is 3. The maximum atomic E-state index is 12.8. The lowest BCUT2D eigenvalue weighted by Gasteiger charge is -2.22. The minimum Gasteiger partial charge on any atom is -0.481 e. The topological polar surface area (TPSA) is 74.8 Å². The molecule has 0 unspecified atom stereocenters. The Hall–Kier alpha value is -2.15. The molecular formula is C20H30N4O3. The zero-order valence-corrected chi connectivity index (χ0v) is 16.6. The fourth-order valence-electron chi connectivity index (χ4n) is 3.81. The summed E-state index contributed by atoms with van der Waals surface area (Å²) in [6, 6.07) is 2.17. The van der Waals surface area contributed by atoms with Gasteiger partial charge in [-0.15, -0.1) is 0 Å². The van der Waals surface area contributed by atoms with E-state index in [1.54, 1.807) is 7.11 Å². The third-order valence-corrected chi connectivity index (χ3v) is 5.65. The molecule has 2 heterocycles. The van der Waals surface area contributed by atoms with Crippen molar-refractivity contribution in [3.05, 3.63) is 22.9 Å². The molecule has 1 fully saturated rings. The van der Waals surface area contributed by atoms with Gasteiger partial charge in [-0.3, -0.25) is 9.59 Å². The number of methoxy groups -OCH3 is 1. The van der Waals surface area contributed by atoms with E-state index in [0.717, 1.165) is 37.2 Å². The first kappa shape index (κ1) is 19.6. The highest BCUT2D eigenvalue weighted by Crippen LogP contribution is 2.33. The maximum Gasteiger partial charge on any atom is 0.256 e. The Bertz CT molecular complexity index is 701. The van der Waals surface area contributed by atoms with E-state index in [9.17, 15) is 9.59 Å². The van der Waals surface area contributed by atoms with Crippen LogP contribution in [0, 0.1) is 0 Å². The van der Waals surface area contributed by atoms with Crippen LogP contribution >= 0.6 is 0 Å². The maximum absolute atomic E-state index is 12.8. The fourth-order valence-corrected chi connectivity index (χ4v) is 3.81. The van der Waals surface area contributed by atoms with Gasteiger partial charge in [0.15, 0.2) is 0 Å². The Kier molecular flexibility index (Phi) is 6.31. The molecule has 1 aliphatic carbocycles. The summed E-state index contributed by atoms with van der Waals surface area (Å²) in [5.74, 6) is 0.529. The summed E-state index contributed by atoms with van der Waals surface area (Å²) in [7, 11) is 3.56. The molecule has 1 aromatic rings. The summed E-state index contributed by atoms with van der Waals surface area (Å²) < 4.78 is 5.41. The minimum absolute atomic E-state index is 0.0169. The van der Waals surface area contributed by atoms with E-state index in [4.69, 9.17) is 4.74 Å². The molecule has 7 nitrogen and oxygen atoms in total. The molecule has 0 spiro atoms. The highest BCUT2D eigenvalue weighted by molar-refractivity contribution is 5.98. The highest BCUT2D eigenvalue weighted by atomic mass is 16.5. The van der Waals surface area contributed by atoms with Crippen LogP contribution in [0.15, 0.2) is 6.07 Å². The van der Waals surface area contributed by atoms with Crippen molar-refractivity contribution in [3.63, 3.8) is 0 Å². The lowest BCUT2D eigenvalue weighted by Crippen LogP contribution is -2.33. The number of aromatic nitrogens is 1. The van der Waals surface area contributed by atoms with Gasteiger partial charge in [0, 0.05) is 31.1 Å². The summed E-state index contributed by atoms with van der Waals surface area (Å²) in [5, 5.41) is 2.91. The molecule has 1 aromatic heterocycles. The van der Waals surface area contributed by atoms with Gasteiger partial charge in [-0.1, -0.05) is 19.8 Å². The molecule has 7 heteroatoms. The molecule has 0 bridgehead atoms. The van der Waals surface area contributed by atoms with Crippen LogP contribution in [-0.2, 0) is 17.9 Å². The largest absolute Gasteiger partial charge is 0.481 e. The van der Waals surface area contributed by atoms with Crippen molar-refractivity contribution in [1.82, 2.24) is 20.1 Å². The quantitative estimate of drug-likeness (QED) is 0.753. The fraction of sp³-hybridized carbons (Fsp3) is 0.650. The molecule has 148 valence electrons. The number of hydrogen-bond acceptors (Lipinski definition) is 5. The number of pyridine rings is 1. The molecule has 1 aliphatic heterocycles. The zero-order chi connectivity index (χ0) is 19.4. The average Bonchev–Trinajstić information content (AvgIpc) is 3.31. The smallest absolute Gasteiger partial charge is 0.256 e. The Morgan fingerprint density at radius 3 is 2.81 bits per heavy atom. The van der Waals surface area contributed by atoms with Crippen LogP contribution in [0.25, 0.3) is 0 Å². The molecule has 0 saturated heterocycles. The van der Waals surface area contributed by atoms with E-state index in [1.165, 1.54) is 12.8 Å². The number of amides is 2. The predicted molar refractivity (Wildman–Crippen MR) is 103 cm³/mol. The first-order chi connectivity index (χ1) is 13.0. The minimum atomic E-state index is -0.0169. The standard InChI is InChI=1S/C20H30N4O3/c1-4-23(2)10-9-18(25)21-12-14-11-16-17(22-19(14)27-3)13-24(20(16)26)15-7-5-6-8-15/h11,15H,4-10,12-13H2,1-3H3,(H,21,25). The number of hydrogen-bond donors (Lipinski definition) is 1. The van der Waals surface area contributed by atoms with Gasteiger partial charge < -0.3 is 19.9 Å². The van der Waals surface area contributed by atoms with Crippen molar-refractivity contribution in [2.24, 2.45) is 0 Å². The van der Waals surface area contributed by atoms with Gasteiger partial charge >= 0.3 is 0 Å². The summed E-state index contributed by atoms with van der Waals surface area (Å²) in [5.41, 5.74) is 2.18. The van der Waals surface area contributed by atoms with E-state index in [-0.39, 0.29) is 11.8 Å². The predicted octanol–water partition coefficient (Wildman–Crippen LogP) is 1.95. The lowest BCUT2D eigenvalue weighted by atomic mass is 10.1. The lowest BCUT2D eigenvalue weighted by molar-refractivity contribution is -0.121. The van der Waals surface area contributed by atoms with Gasteiger partial charge in [0.25, 0.3) is 5.91 Å². The van der Waals surface area contributed by atoms with Crippen molar-refractivity contribution in [2.75, 3.05) is 27.2 Å². The SMILES string of the molecule is CCN(C)CCC(=O)NCc1cc2c(nc1OC)CN(C1CCCC1)C2=O. The van der Waals surface area contributed by atoms with E-state index < -0.39 is 0 Å². The monoisotopic (exact) mass is 374 g/mol. The van der Waals surface area contributed by atoms with Gasteiger partial charge in [-0.05, 0) is 32.5 Å². The van der Waals surface area contributed by atoms with Crippen molar-refractivity contribution in [1.29, 1.82) is 0 Å². The van der Waals surface area contributed by atoms with Crippen LogP contribution in [0.5, 0.6) is 5.88 Å². The molecule has 0 radical (unpaired) electrons. The first-order valence-electron chi connectivity index (χ1n) is 9.86. The van der Waals surface area contributed by atoms with Crippen LogP contribution in [0.3, 0.4) is 0 Å². The van der Waals surface area contributed by atoms with Crippen molar-refractivity contribution in [2.45, 2.75) is 58.2 Å². The van der Waals surface area contributed by atoms with Gasteiger partial charge in [0.1, 0.15) is 0 Å². The summed E-state index contributed by atoms with van der Waals surface area (Å²) in [6.45, 7) is 4.57. The van der Waals surface area contributed by atoms with E-state index in [1.807, 2.05) is 18.0 Å². The Balaban J connectivity index is 1.67. The second-order valence-corrected chi connectivity index (χ2v) is 7.44. The van der Waals surface area contributed by atoms with Gasteiger partial charge in [0.2, 0.25) is 11.8 Å². The van der Waals surface area contributed by atoms with Gasteiger partial charge in [-0.25, -0.2) is 4.98 Å². The van der Waals surface area contributed by atoms with E-state index in [0.29, 0.717) is 37.0 Å². The third kappa shape index (κ3) is 4.40. The molecule has 1 saturated carbocycles. The van der Waals surface area contributed by atoms with Crippen LogP contribution in [0.2, 0.25) is 0 Å². The number of rotatable bonds is 8. The molecule has 0 atom stereocenters. The Morgan fingerprint density at radius 1 is 1.41 bits per heavy atom. The molecule has 0 aromatic carbocycles. The number of nitrogens with one attached hydrogen (secondary N) is 1. The van der Waals surface area contributed by atoms with Crippen LogP contribution < -0.4 is 10.1 Å². The summed E-state index contributed by atoms with van der Waals surface area (Å²) in [6.07, 6.45) is 4.97. The molecule has 27 heavy (non-hydrogen) atoms. The Morgan fingerprint density at radius 2 is 2.15 bits per heavy atom. The van der Waals surface area contributed by atoms with Crippen molar-refractivity contribution < 1.29 is 14.3 Å². The molecule has 3 rings (SSSR count). The zero-order valence-electron chi connectivity index (χ0n) is 16.6. The van der Waals surface area contributed by atoms with Crippen LogP contribution in [0.1, 0.15) is 60.6 Å². The summed E-state index contributed by atoms with van der Waals surface area (Å²) >= 11 is 0. The third-order valence-electron chi connectivity index (χ3n) is 5.65. The Labute approximate surface area is 161 Å². The van der Waals surface area contributed by atoms with Crippen LogP contribution in [-0.4, -0.2) is 59.9 Å². The van der Waals surface area contributed by atoms with Crippen molar-refractivity contribution in [3.8, 4) is 5.88 Å². The van der Waals surface area contributed by atoms with Crippen molar-refractivity contribution >= 4 is 11.8 Å². The number of carbonyl (C=O) groups excluding carboxylic acids is 2. The normalized spacial score (nSPS) is 16.9. The molecule has 2 amide bonds. The summed E-state index contributed by atoms with van der Waals surface area (Å²) in [4.78, 5) is 33.5. The second-order valence-electron chi connectivity index (χ2n) is 7.44. The first-order valence-corrected chi connectivity index (χ1v) is 9.86. The molecule has 1 N–H and O–H groups in total. The molecule has 2 aliphatic rings. The highest BCUT2D eigenvalue weighted by Gasteiger charge is 2.35. The van der Waals surface area contributed by atoms with Gasteiger partial charge in [0.05, 0.1) is 24.9 Å². The van der Waals surface area contributed by atoms with E-state index >= 15 is 0 Å². The second kappa shape index (κ2) is 8.69. The van der Waals surface area contributed by atoms with Crippen LogP contribution in [0.4, 0.5) is 0 Å². The number of ether oxygens (including phenoxy) is 1. The molecular weight excluding hydrogens is 344 g/mol. The van der Waals surface area contributed by atoms with Gasteiger partial charge in [-0.2, -0.15) is 0 Å².